The van der Waals surface area contributed by atoms with Gasteiger partial charge in [0.15, 0.2) is 22.4 Å². The molecule has 0 spiro atoms. The minimum absolute atomic E-state index is 0.00412. The molecule has 1 saturated heterocycles. The molecule has 2 atom stereocenters. The normalized spacial score (nSPS) is 17.9. The number of β-lactam (4-membered cyclic amide) rings is 1. The zero-order valence-electron chi connectivity index (χ0n) is 22.1. The third-order valence-corrected chi connectivity index (χ3v) is 8.57. The summed E-state index contributed by atoms with van der Waals surface area (Å²) in [4.78, 5) is 57.6. The molecule has 20 nitrogen and oxygen atoms in total. The number of nitrogens with zero attached hydrogens (tertiary/aromatic N) is 4. The maximum Gasteiger partial charge on any atom is 0.362 e. The number of Topliss-reactive ketones (excluding diaryl/α,β-unsaturated/α-hetero) is 1. The summed E-state index contributed by atoms with van der Waals surface area (Å²) in [6.45, 7) is 0.734. The molecule has 236 valence electrons. The maximum absolute atomic E-state index is 13.2. The third kappa shape index (κ3) is 7.82. The summed E-state index contributed by atoms with van der Waals surface area (Å²) in [6, 6.07) is -0.883. The molecule has 43 heavy (non-hydrogen) atoms. The van der Waals surface area contributed by atoms with Gasteiger partial charge >= 0.3 is 16.3 Å². The summed E-state index contributed by atoms with van der Waals surface area (Å²) >= 11 is 0.893. The molecule has 23 heteroatoms. The molecule has 0 radical (unpaired) electrons. The number of pyridine rings is 1. The molecule has 0 saturated carbocycles. The van der Waals surface area contributed by atoms with Crippen LogP contribution in [0.25, 0.3) is 0 Å². The van der Waals surface area contributed by atoms with Crippen LogP contribution >= 0.6 is 11.3 Å². The van der Waals surface area contributed by atoms with Crippen LogP contribution in [0.1, 0.15) is 31.7 Å². The molecule has 0 unspecified atom stereocenters. The summed E-state index contributed by atoms with van der Waals surface area (Å²) in [7, 11) is -9.73. The topological polar surface area (TPSA) is 310 Å². The Morgan fingerprint density at radius 2 is 1.88 bits per heavy atom. The zero-order chi connectivity index (χ0) is 32.5. The third-order valence-electron chi connectivity index (χ3n) is 5.88. The van der Waals surface area contributed by atoms with Crippen LogP contribution in [0.5, 0.6) is 5.75 Å². The summed E-state index contributed by atoms with van der Waals surface area (Å²) < 4.78 is 62.2. The second-order valence-electron chi connectivity index (χ2n) is 9.36. The minimum atomic E-state index is -5.20. The molecule has 1 amide bonds. The molecule has 1 fully saturated rings. The van der Waals surface area contributed by atoms with E-state index in [1.807, 2.05) is 9.44 Å². The van der Waals surface area contributed by atoms with Gasteiger partial charge in [-0.15, -0.1) is 11.3 Å². The van der Waals surface area contributed by atoms with Crippen LogP contribution in [0.4, 0.5) is 5.13 Å². The van der Waals surface area contributed by atoms with E-state index in [1.165, 1.54) is 5.38 Å². The Balaban J connectivity index is 1.80. The summed E-state index contributed by atoms with van der Waals surface area (Å²) in [5, 5.41) is 33.1. The smallest absolute Gasteiger partial charge is 0.362 e. The van der Waals surface area contributed by atoms with Crippen LogP contribution < -0.4 is 20.6 Å². The number of carboxylic acids is 1. The maximum atomic E-state index is 13.2. The Morgan fingerprint density at radius 3 is 2.44 bits per heavy atom. The Bertz CT molecular complexity index is 1750. The van der Waals surface area contributed by atoms with Gasteiger partial charge in [-0.25, -0.2) is 18.8 Å². The van der Waals surface area contributed by atoms with Gasteiger partial charge in [0.2, 0.25) is 16.9 Å². The Kier molecular flexibility index (Phi) is 9.47. The van der Waals surface area contributed by atoms with Crippen LogP contribution in [0.2, 0.25) is 0 Å². The average molecular weight is 668 g/mol. The van der Waals surface area contributed by atoms with Gasteiger partial charge in [0.05, 0.1) is 30.4 Å². The molecule has 0 bridgehead atoms. The van der Waals surface area contributed by atoms with Crippen molar-refractivity contribution < 1.29 is 56.0 Å². The first-order chi connectivity index (χ1) is 19.7. The number of aromatic hydroxyl groups is 1. The van der Waals surface area contributed by atoms with Gasteiger partial charge in [0.25, 0.3) is 10.2 Å². The fourth-order valence-corrected chi connectivity index (χ4v) is 5.84. The van der Waals surface area contributed by atoms with Crippen LogP contribution in [-0.2, 0) is 46.3 Å². The highest BCUT2D eigenvalue weighted by atomic mass is 32.2. The number of hydrogen-bond donors (Lipinski definition) is 7. The number of nitrogens with one attached hydrogen (secondary N) is 2. The van der Waals surface area contributed by atoms with E-state index in [9.17, 15) is 56.0 Å². The minimum Gasteiger partial charge on any atom is -0.503 e. The average Bonchev–Trinajstić information content (AvgIpc) is 3.31. The molecule has 0 aliphatic carbocycles. The first-order valence-electron chi connectivity index (χ1n) is 11.7. The van der Waals surface area contributed by atoms with Crippen molar-refractivity contribution in [3.63, 3.8) is 0 Å². The van der Waals surface area contributed by atoms with E-state index < -0.39 is 92.1 Å². The van der Waals surface area contributed by atoms with Crippen molar-refractivity contribution in [1.82, 2.24) is 23.5 Å². The lowest BCUT2D eigenvalue weighted by Gasteiger charge is -2.43. The van der Waals surface area contributed by atoms with Crippen LogP contribution in [-0.4, -0.2) is 92.4 Å². The number of oxime groups is 1. The zero-order valence-corrected chi connectivity index (χ0v) is 24.5. The predicted molar refractivity (Wildman–Crippen MR) is 144 cm³/mol. The number of carboxylic acid groups (broad SMARTS) is 1. The van der Waals surface area contributed by atoms with Crippen molar-refractivity contribution in [2.45, 2.75) is 38.5 Å². The number of ketones is 1. The summed E-state index contributed by atoms with van der Waals surface area (Å²) in [6.07, 6.45) is -0.182. The highest BCUT2D eigenvalue weighted by molar-refractivity contribution is 7.87. The lowest BCUT2D eigenvalue weighted by atomic mass is 9.85. The number of anilines is 1. The van der Waals surface area contributed by atoms with Crippen LogP contribution in [0.15, 0.2) is 27.6 Å². The number of nitrogen functional groups attached to an aromatic ring is 1. The largest absolute Gasteiger partial charge is 0.503 e. The first-order valence-corrected chi connectivity index (χ1v) is 15.4. The van der Waals surface area contributed by atoms with Crippen molar-refractivity contribution in [1.29, 1.82) is 0 Å². The van der Waals surface area contributed by atoms with Gasteiger partial charge in [-0.05, 0) is 13.8 Å². The van der Waals surface area contributed by atoms with E-state index in [2.05, 4.69) is 10.1 Å². The van der Waals surface area contributed by atoms with Crippen LogP contribution in [0.3, 0.4) is 0 Å². The monoisotopic (exact) mass is 667 g/mol. The van der Waals surface area contributed by atoms with Gasteiger partial charge in [-0.2, -0.15) is 26.3 Å². The number of nitrogens with two attached hydrogens (primary N) is 1. The second-order valence-corrected chi connectivity index (χ2v) is 13.1. The van der Waals surface area contributed by atoms with E-state index in [-0.39, 0.29) is 25.6 Å². The quantitative estimate of drug-likeness (QED) is 0.0364. The Labute approximate surface area is 246 Å². The fraction of sp³-hybridized carbons (Fsp3) is 0.400. The molecule has 3 rings (SSSR count). The molecule has 3 heterocycles. The van der Waals surface area contributed by atoms with E-state index in [0.717, 1.165) is 31.3 Å². The lowest BCUT2D eigenvalue weighted by Crippen LogP contribution is -2.66. The van der Waals surface area contributed by atoms with Crippen molar-refractivity contribution in [3.05, 3.63) is 39.3 Å². The number of aliphatic carboxylic acids is 1. The van der Waals surface area contributed by atoms with Crippen molar-refractivity contribution in [2.24, 2.45) is 11.1 Å². The van der Waals surface area contributed by atoms with E-state index in [0.29, 0.717) is 6.20 Å². The fourth-order valence-electron chi connectivity index (χ4n) is 3.54. The van der Waals surface area contributed by atoms with Crippen molar-refractivity contribution in [2.75, 3.05) is 12.3 Å². The number of aromatic nitrogens is 2. The molecular weight excluding hydrogens is 642 g/mol. The Hall–Kier alpha value is -4.16. The molecule has 2 aromatic rings. The van der Waals surface area contributed by atoms with Crippen molar-refractivity contribution >= 4 is 60.4 Å². The van der Waals surface area contributed by atoms with Gasteiger partial charge < -0.3 is 26.0 Å². The SMILES string of the molecule is CC(C)(O/N=C(\C(=O)C[C@@H]1C(=O)N(S(=O)(=O)O)[C@@H]1CNS(=O)(=O)NCc1cc(=O)c(O)cn1O)c1csc(N)n1)C(=O)O. The molecule has 8 N–H and O–H groups in total. The molecule has 1 aliphatic rings. The second kappa shape index (κ2) is 12.2. The van der Waals surface area contributed by atoms with E-state index in [1.54, 1.807) is 0 Å². The van der Waals surface area contributed by atoms with E-state index in [4.69, 9.17) is 10.6 Å². The standard InChI is InChI=1S/C20H25N7O13S3/c1-20(2,18(32)33)40-25-16(11-8-41-19(21)24-11)14(29)4-10-12(27(17(10)31)43(37,38)39)6-23-42(35,36)22-5-9-3-13(28)15(30)7-26(9)34/h3,7-8,10,12,22-23,30,34H,4-6H2,1-2H3,(H2,21,24)(H,32,33)(H,37,38,39)/b25-16-/t10-,12+/m0/s1. The number of hydrogen-bond acceptors (Lipinski definition) is 15. The Morgan fingerprint density at radius 1 is 1.23 bits per heavy atom. The molecule has 0 aromatic carbocycles. The predicted octanol–water partition coefficient (Wildman–Crippen LogP) is -2.37. The molecular formula is C20H25N7O13S3. The lowest BCUT2D eigenvalue weighted by molar-refractivity contribution is -0.161. The van der Waals surface area contributed by atoms with Gasteiger partial charge in [0.1, 0.15) is 5.69 Å². The van der Waals surface area contributed by atoms with Crippen LogP contribution in [0, 0.1) is 5.92 Å². The highest BCUT2D eigenvalue weighted by Gasteiger charge is 2.54. The number of carbonyl (C=O) groups excluding carboxylic acids is 2. The van der Waals surface area contributed by atoms with Gasteiger partial charge in [-0.3, -0.25) is 18.9 Å². The molecule has 2 aromatic heterocycles. The number of carbonyl (C=O) groups is 3. The number of thiazole rings is 1. The number of rotatable bonds is 14. The first kappa shape index (κ1) is 33.3. The summed E-state index contributed by atoms with van der Waals surface area (Å²) in [5.74, 6) is -6.02. The van der Waals surface area contributed by atoms with Gasteiger partial charge in [0, 0.05) is 24.4 Å². The van der Waals surface area contributed by atoms with Gasteiger partial charge in [-0.1, -0.05) is 5.16 Å². The van der Waals surface area contributed by atoms with Crippen molar-refractivity contribution in [3.8, 4) is 5.75 Å². The van der Waals surface area contributed by atoms with E-state index >= 15 is 0 Å². The number of amides is 1. The molecule has 1 aliphatic heterocycles. The summed E-state index contributed by atoms with van der Waals surface area (Å²) in [5.41, 5.74) is 1.77. The highest BCUT2D eigenvalue weighted by Crippen LogP contribution is 2.32.